The highest BCUT2D eigenvalue weighted by Crippen LogP contribution is 2.15. The molecular formula is C11H12N4O3S2. The lowest BCUT2D eigenvalue weighted by Gasteiger charge is -2.08. The van der Waals surface area contributed by atoms with Crippen molar-refractivity contribution in [1.29, 1.82) is 0 Å². The Bertz CT molecular complexity index is 726. The van der Waals surface area contributed by atoms with Gasteiger partial charge in [-0.15, -0.1) is 0 Å². The van der Waals surface area contributed by atoms with Crippen LogP contribution in [0.25, 0.3) is 0 Å². The van der Waals surface area contributed by atoms with Crippen molar-refractivity contribution in [2.24, 2.45) is 5.73 Å². The van der Waals surface area contributed by atoms with E-state index in [0.717, 1.165) is 6.39 Å². The number of nitrogens with two attached hydrogens (primary N) is 1. The van der Waals surface area contributed by atoms with Crippen LogP contribution in [0.2, 0.25) is 0 Å². The number of rotatable bonds is 5. The van der Waals surface area contributed by atoms with E-state index in [0.29, 0.717) is 11.1 Å². The van der Waals surface area contributed by atoms with Crippen molar-refractivity contribution in [3.63, 3.8) is 0 Å². The summed E-state index contributed by atoms with van der Waals surface area (Å²) in [7, 11) is -3.66. The smallest absolute Gasteiger partial charge is 0.240 e. The summed E-state index contributed by atoms with van der Waals surface area (Å²) in [4.78, 5) is 4.08. The van der Waals surface area contributed by atoms with Crippen molar-refractivity contribution in [3.05, 3.63) is 41.5 Å². The normalized spacial score (nSPS) is 11.4. The van der Waals surface area contributed by atoms with E-state index in [1.807, 2.05) is 0 Å². The van der Waals surface area contributed by atoms with Crippen LogP contribution in [0.3, 0.4) is 0 Å². The first-order chi connectivity index (χ1) is 9.40. The van der Waals surface area contributed by atoms with Crippen molar-refractivity contribution in [3.8, 4) is 0 Å². The van der Waals surface area contributed by atoms with Gasteiger partial charge in [-0.05, 0) is 24.6 Å². The third-order valence-corrected chi connectivity index (χ3v) is 4.22. The Morgan fingerprint density at radius 3 is 2.80 bits per heavy atom. The molecule has 0 saturated heterocycles. The summed E-state index contributed by atoms with van der Waals surface area (Å²) in [6.45, 7) is 1.70. The lowest BCUT2D eigenvalue weighted by molar-refractivity contribution is 0.409. The molecule has 2 rings (SSSR count). The Hall–Kier alpha value is -1.84. The van der Waals surface area contributed by atoms with Gasteiger partial charge in [-0.2, -0.15) is 4.98 Å². The molecule has 0 radical (unpaired) electrons. The van der Waals surface area contributed by atoms with Crippen LogP contribution in [-0.4, -0.2) is 23.5 Å². The Morgan fingerprint density at radius 2 is 2.25 bits per heavy atom. The molecule has 1 aromatic carbocycles. The number of thiocarbonyl (C=S) groups is 1. The molecule has 3 N–H and O–H groups in total. The molecule has 0 aliphatic rings. The monoisotopic (exact) mass is 312 g/mol. The number of hydrogen-bond acceptors (Lipinski definition) is 6. The second-order valence-electron chi connectivity index (χ2n) is 4.01. The van der Waals surface area contributed by atoms with E-state index < -0.39 is 10.0 Å². The Kier molecular flexibility index (Phi) is 4.12. The Morgan fingerprint density at radius 1 is 1.50 bits per heavy atom. The molecule has 9 heteroatoms. The fourth-order valence-electron chi connectivity index (χ4n) is 1.59. The van der Waals surface area contributed by atoms with E-state index in [1.165, 1.54) is 12.1 Å². The Labute approximate surface area is 121 Å². The maximum absolute atomic E-state index is 12.1. The van der Waals surface area contributed by atoms with E-state index in [1.54, 1.807) is 13.0 Å². The van der Waals surface area contributed by atoms with Crippen LogP contribution in [-0.2, 0) is 16.6 Å². The fraction of sp³-hybridized carbons (Fsp3) is 0.182. The van der Waals surface area contributed by atoms with Crippen molar-refractivity contribution in [2.75, 3.05) is 0 Å². The molecule has 106 valence electrons. The Balaban J connectivity index is 2.21. The second-order valence-corrected chi connectivity index (χ2v) is 6.22. The van der Waals surface area contributed by atoms with Crippen LogP contribution >= 0.6 is 12.2 Å². The molecule has 0 aliphatic heterocycles. The molecule has 0 spiro atoms. The van der Waals surface area contributed by atoms with Crippen LogP contribution in [0.15, 0.2) is 34.0 Å². The van der Waals surface area contributed by atoms with E-state index in [4.69, 9.17) is 18.0 Å². The molecule has 0 atom stereocenters. The number of aryl methyl sites for hydroxylation is 1. The quantitative estimate of drug-likeness (QED) is 0.773. The topological polar surface area (TPSA) is 111 Å². The molecule has 2 aromatic rings. The second kappa shape index (κ2) is 5.65. The number of nitrogens with zero attached hydrogens (tertiary/aromatic N) is 2. The lowest BCUT2D eigenvalue weighted by atomic mass is 10.1. The first-order valence-electron chi connectivity index (χ1n) is 5.55. The summed E-state index contributed by atoms with van der Waals surface area (Å²) in [6.07, 6.45) is 1.13. The van der Waals surface area contributed by atoms with E-state index in [2.05, 4.69) is 19.4 Å². The highest BCUT2D eigenvalue weighted by Gasteiger charge is 2.16. The highest BCUT2D eigenvalue weighted by molar-refractivity contribution is 7.89. The molecule has 0 fully saturated rings. The zero-order chi connectivity index (χ0) is 14.8. The fourth-order valence-corrected chi connectivity index (χ4v) is 2.89. The van der Waals surface area contributed by atoms with Gasteiger partial charge in [0.05, 0.1) is 11.4 Å². The number of nitrogens with one attached hydrogen (secondary N) is 1. The summed E-state index contributed by atoms with van der Waals surface area (Å²) in [5.41, 5.74) is 6.88. The minimum Gasteiger partial charge on any atom is -0.389 e. The molecular weight excluding hydrogens is 300 g/mol. The number of aromatic nitrogens is 2. The maximum atomic E-state index is 12.1. The molecule has 0 saturated carbocycles. The van der Waals surface area contributed by atoms with E-state index in [9.17, 15) is 8.42 Å². The van der Waals surface area contributed by atoms with Crippen molar-refractivity contribution in [2.45, 2.75) is 18.4 Å². The number of sulfonamides is 1. The summed E-state index contributed by atoms with van der Waals surface area (Å²) < 4.78 is 31.1. The molecule has 7 nitrogen and oxygen atoms in total. The largest absolute Gasteiger partial charge is 0.389 e. The van der Waals surface area contributed by atoms with Gasteiger partial charge >= 0.3 is 0 Å². The van der Waals surface area contributed by atoms with Crippen molar-refractivity contribution < 1.29 is 12.9 Å². The van der Waals surface area contributed by atoms with Gasteiger partial charge in [0.15, 0.2) is 5.82 Å². The van der Waals surface area contributed by atoms with E-state index >= 15 is 0 Å². The van der Waals surface area contributed by atoms with Crippen LogP contribution < -0.4 is 10.5 Å². The SMILES string of the molecule is Cc1cc(S(=O)(=O)NCc2ncon2)ccc1C(N)=S. The molecule has 0 amide bonds. The standard InChI is InChI=1S/C11H12N4O3S2/c1-7-4-8(2-3-9(7)11(12)19)20(16,17)14-5-10-13-6-18-15-10/h2-4,6,14H,5H2,1H3,(H2,12,19). The van der Waals surface area contributed by atoms with Gasteiger partial charge in [0, 0.05) is 5.56 Å². The average Bonchev–Trinajstić information content (AvgIpc) is 2.89. The summed E-state index contributed by atoms with van der Waals surface area (Å²) in [5, 5.41) is 3.52. The third kappa shape index (κ3) is 3.18. The van der Waals surface area contributed by atoms with E-state index in [-0.39, 0.29) is 22.3 Å². The maximum Gasteiger partial charge on any atom is 0.240 e. The molecule has 0 bridgehead atoms. The zero-order valence-electron chi connectivity index (χ0n) is 10.5. The predicted octanol–water partition coefficient (Wildman–Crippen LogP) is 0.491. The van der Waals surface area contributed by atoms with Crippen LogP contribution in [0.1, 0.15) is 17.0 Å². The van der Waals surface area contributed by atoms with Gasteiger partial charge in [-0.25, -0.2) is 13.1 Å². The minimum absolute atomic E-state index is 0.0467. The van der Waals surface area contributed by atoms with Crippen LogP contribution in [0, 0.1) is 6.92 Å². The van der Waals surface area contributed by atoms with Gasteiger partial charge in [-0.3, -0.25) is 0 Å². The molecule has 20 heavy (non-hydrogen) atoms. The van der Waals surface area contributed by atoms with Gasteiger partial charge in [0.1, 0.15) is 4.99 Å². The zero-order valence-corrected chi connectivity index (χ0v) is 12.2. The van der Waals surface area contributed by atoms with Gasteiger partial charge in [0.25, 0.3) is 0 Å². The number of hydrogen-bond donors (Lipinski definition) is 2. The minimum atomic E-state index is -3.66. The van der Waals surface area contributed by atoms with Crippen LogP contribution in [0.5, 0.6) is 0 Å². The first kappa shape index (κ1) is 14.6. The third-order valence-electron chi connectivity index (χ3n) is 2.60. The molecule has 1 heterocycles. The first-order valence-corrected chi connectivity index (χ1v) is 7.44. The van der Waals surface area contributed by atoms with Gasteiger partial charge in [0.2, 0.25) is 16.4 Å². The molecule has 0 unspecified atom stereocenters. The molecule has 0 aliphatic carbocycles. The van der Waals surface area contributed by atoms with Gasteiger partial charge in [-0.1, -0.05) is 23.4 Å². The summed E-state index contributed by atoms with van der Waals surface area (Å²) in [6, 6.07) is 4.54. The van der Waals surface area contributed by atoms with Gasteiger partial charge < -0.3 is 10.3 Å². The summed E-state index contributed by atoms with van der Waals surface area (Å²) >= 11 is 4.88. The van der Waals surface area contributed by atoms with Crippen molar-refractivity contribution in [1.82, 2.24) is 14.9 Å². The number of benzene rings is 1. The van der Waals surface area contributed by atoms with Crippen molar-refractivity contribution >= 4 is 27.2 Å². The predicted molar refractivity (Wildman–Crippen MR) is 75.4 cm³/mol. The lowest BCUT2D eigenvalue weighted by Crippen LogP contribution is -2.24. The molecule has 1 aromatic heterocycles. The highest BCUT2D eigenvalue weighted by atomic mass is 32.2. The average molecular weight is 312 g/mol. The van der Waals surface area contributed by atoms with Crippen LogP contribution in [0.4, 0.5) is 0 Å². The summed E-state index contributed by atoms with van der Waals surface area (Å²) in [5.74, 6) is 0.255.